The molecule has 4 N–H and O–H groups in total. The predicted octanol–water partition coefficient (Wildman–Crippen LogP) is 3.51. The van der Waals surface area contributed by atoms with Crippen LogP contribution < -0.4 is 0 Å². The average molecular weight is 491 g/mol. The molecule has 0 heterocycles. The number of nitrogens with one attached hydrogen (secondary N) is 2. The molecule has 0 bridgehead atoms. The molecule has 0 radical (unpaired) electrons. The fourth-order valence-corrected chi connectivity index (χ4v) is 3.96. The molecule has 6 nitrogen and oxygen atoms in total. The van der Waals surface area contributed by atoms with E-state index in [0.29, 0.717) is 6.42 Å². The summed E-state index contributed by atoms with van der Waals surface area (Å²) in [7, 11) is 0. The quantitative estimate of drug-likeness (QED) is 0.574. The zero-order valence-corrected chi connectivity index (χ0v) is 14.8. The number of carboxylic acids is 2. The van der Waals surface area contributed by atoms with Crippen molar-refractivity contribution in [3.8, 4) is 0 Å². The molecule has 0 amide bonds. The second kappa shape index (κ2) is 7.41. The van der Waals surface area contributed by atoms with Crippen LogP contribution in [0.4, 0.5) is 0 Å². The Hall–Kier alpha value is -0.452. The Balaban J connectivity index is 0.000000212. The summed E-state index contributed by atoms with van der Waals surface area (Å²) in [6.07, 6.45) is 8.08. The van der Waals surface area contributed by atoms with Gasteiger partial charge in [-0.15, -0.1) is 12.1 Å². The first-order chi connectivity index (χ1) is 9.85. The summed E-state index contributed by atoms with van der Waals surface area (Å²) in [6, 6.07) is 0.181. The Kier molecular flexibility index (Phi) is 6.60. The van der Waals surface area contributed by atoms with Crippen molar-refractivity contribution in [2.45, 2.75) is 69.9 Å². The maximum Gasteiger partial charge on any atom is 2.00 e. The van der Waals surface area contributed by atoms with E-state index in [0.717, 1.165) is 25.7 Å². The smallest absolute Gasteiger partial charge is 0.674 e. The fourth-order valence-electron chi connectivity index (χ4n) is 3.96. The molecule has 1 unspecified atom stereocenters. The van der Waals surface area contributed by atoms with Crippen LogP contribution in [0.5, 0.6) is 0 Å². The molecule has 0 saturated heterocycles. The zero-order chi connectivity index (χ0) is 15.7. The summed E-state index contributed by atoms with van der Waals surface area (Å²) in [5, 5.41) is 16.9. The molecule has 22 heavy (non-hydrogen) atoms. The van der Waals surface area contributed by atoms with Gasteiger partial charge in [0, 0.05) is 0 Å². The minimum Gasteiger partial charge on any atom is -0.674 e. The summed E-state index contributed by atoms with van der Waals surface area (Å²) in [6.45, 7) is 0. The van der Waals surface area contributed by atoms with Crippen molar-refractivity contribution < 1.29 is 40.9 Å². The second-order valence-corrected chi connectivity index (χ2v) is 6.67. The Morgan fingerprint density at radius 2 is 1.23 bits per heavy atom. The first-order valence-electron chi connectivity index (χ1n) is 7.74. The molecule has 1 spiro atoms. The van der Waals surface area contributed by atoms with Crippen molar-refractivity contribution in [2.75, 3.05) is 0 Å². The maximum atomic E-state index is 10.4. The first-order valence-corrected chi connectivity index (χ1v) is 7.74. The molecule has 0 aromatic heterocycles. The van der Waals surface area contributed by atoms with Gasteiger partial charge in [-0.25, -0.2) is 0 Å². The molecule has 0 aromatic rings. The Morgan fingerprint density at radius 1 is 0.818 bits per heavy atom. The minimum absolute atomic E-state index is 0. The van der Waals surface area contributed by atoms with Gasteiger partial charge in [-0.05, 0) is 19.3 Å². The third kappa shape index (κ3) is 3.24. The Morgan fingerprint density at radius 3 is 1.36 bits per heavy atom. The van der Waals surface area contributed by atoms with Crippen LogP contribution in [-0.4, -0.2) is 34.2 Å². The zero-order valence-electron chi connectivity index (χ0n) is 12.5. The second-order valence-electron chi connectivity index (χ2n) is 6.67. The van der Waals surface area contributed by atoms with Gasteiger partial charge in [0.1, 0.15) is 0 Å². The minimum atomic E-state index is -1.44. The molecule has 3 saturated carbocycles. The maximum absolute atomic E-state index is 10.4. The van der Waals surface area contributed by atoms with Crippen LogP contribution in [0.1, 0.15) is 57.8 Å². The van der Waals surface area contributed by atoms with Crippen molar-refractivity contribution in [2.24, 2.45) is 10.8 Å². The molecule has 128 valence electrons. The normalized spacial score (nSPS) is 35.0. The van der Waals surface area contributed by atoms with Crippen molar-refractivity contribution in [3.05, 3.63) is 11.5 Å². The predicted molar refractivity (Wildman–Crippen MR) is 77.9 cm³/mol. The molecular formula is C15H24N2O4Pt. The van der Waals surface area contributed by atoms with Crippen LogP contribution in [0.2, 0.25) is 0 Å². The van der Waals surface area contributed by atoms with Gasteiger partial charge >= 0.3 is 33.0 Å². The van der Waals surface area contributed by atoms with Gasteiger partial charge in [-0.3, -0.25) is 9.59 Å². The fraction of sp³-hybridized carbons (Fsp3) is 0.867. The van der Waals surface area contributed by atoms with Crippen molar-refractivity contribution in [3.63, 3.8) is 0 Å². The largest absolute Gasteiger partial charge is 2.00 e. The van der Waals surface area contributed by atoms with Crippen LogP contribution >= 0.6 is 0 Å². The number of aliphatic carboxylic acids is 2. The van der Waals surface area contributed by atoms with Crippen LogP contribution in [-0.2, 0) is 30.7 Å². The van der Waals surface area contributed by atoms with Crippen LogP contribution in [0.25, 0.3) is 11.5 Å². The van der Waals surface area contributed by atoms with E-state index >= 15 is 0 Å². The van der Waals surface area contributed by atoms with Crippen molar-refractivity contribution in [1.82, 2.24) is 0 Å². The number of hydrogen-bond acceptors (Lipinski definition) is 2. The number of carbonyl (C=O) groups is 2. The summed E-state index contributed by atoms with van der Waals surface area (Å²) in [5.41, 5.74) is 14.5. The van der Waals surface area contributed by atoms with Crippen molar-refractivity contribution >= 4 is 11.9 Å². The van der Waals surface area contributed by atoms with Crippen LogP contribution in [0.3, 0.4) is 0 Å². The topological polar surface area (TPSA) is 122 Å². The molecule has 3 atom stereocenters. The monoisotopic (exact) mass is 491 g/mol. The van der Waals surface area contributed by atoms with Crippen molar-refractivity contribution in [1.29, 1.82) is 0 Å². The van der Waals surface area contributed by atoms with Gasteiger partial charge < -0.3 is 21.7 Å². The SMILES string of the molecule is O=C(O)C1(C(=O)O)CCC1.[NH-][C@@H]1CCCC12CCC[C@@H]2[NH-].[Pt+2]. The average Bonchev–Trinajstić information content (AvgIpc) is 2.87. The van der Waals surface area contributed by atoms with E-state index in [2.05, 4.69) is 0 Å². The molecule has 7 heteroatoms. The number of carboxylic acid groups (broad SMARTS) is 2. The third-order valence-corrected chi connectivity index (χ3v) is 5.68. The van der Waals surface area contributed by atoms with E-state index in [1.54, 1.807) is 0 Å². The van der Waals surface area contributed by atoms with Crippen LogP contribution in [0, 0.1) is 10.8 Å². The van der Waals surface area contributed by atoms with Gasteiger partial charge in [-0.2, -0.15) is 0 Å². The van der Waals surface area contributed by atoms with E-state index in [1.807, 2.05) is 0 Å². The van der Waals surface area contributed by atoms with Crippen LogP contribution in [0.15, 0.2) is 0 Å². The van der Waals surface area contributed by atoms with Gasteiger partial charge in [-0.1, -0.05) is 43.9 Å². The molecule has 3 rings (SSSR count). The summed E-state index contributed by atoms with van der Waals surface area (Å²) < 4.78 is 0. The van der Waals surface area contributed by atoms with Gasteiger partial charge in [0.05, 0.1) is 0 Å². The number of rotatable bonds is 2. The van der Waals surface area contributed by atoms with E-state index < -0.39 is 17.4 Å². The Labute approximate surface area is 145 Å². The summed E-state index contributed by atoms with van der Waals surface area (Å²) in [4.78, 5) is 20.7. The molecule has 3 aliphatic rings. The molecule has 3 fully saturated rings. The Bertz CT molecular complexity index is 392. The molecular weight excluding hydrogens is 467 g/mol. The molecule has 3 aliphatic carbocycles. The van der Waals surface area contributed by atoms with E-state index in [9.17, 15) is 9.59 Å². The number of hydrogen-bond donors (Lipinski definition) is 2. The summed E-state index contributed by atoms with van der Waals surface area (Å²) in [5.74, 6) is -2.41. The first kappa shape index (κ1) is 19.6. The van der Waals surface area contributed by atoms with Gasteiger partial charge in [0.2, 0.25) is 0 Å². The molecule has 0 aromatic carbocycles. The molecule has 0 aliphatic heterocycles. The standard InChI is InChI=1S/C9H16N2.C6H8O4.Pt/c10-7-3-1-5-9(7)6-2-4-8(9)11;7-4(8)6(5(9)10)2-1-3-6;/h7-8,10-11H,1-6H2;1-3H2,(H,7,8)(H,9,10);/q-2;;+2/t7-,8+,9?;;. The van der Waals surface area contributed by atoms with Gasteiger partial charge in [0.25, 0.3) is 0 Å². The summed E-state index contributed by atoms with van der Waals surface area (Å²) >= 11 is 0. The van der Waals surface area contributed by atoms with E-state index in [4.69, 9.17) is 21.7 Å². The van der Waals surface area contributed by atoms with E-state index in [1.165, 1.54) is 12.8 Å². The van der Waals surface area contributed by atoms with E-state index in [-0.39, 0.29) is 51.4 Å². The van der Waals surface area contributed by atoms with Gasteiger partial charge in [0.15, 0.2) is 5.41 Å². The third-order valence-electron chi connectivity index (χ3n) is 5.68.